The lowest BCUT2D eigenvalue weighted by Crippen LogP contribution is -2.47. The molecule has 0 saturated carbocycles. The molecule has 0 amide bonds. The highest BCUT2D eigenvalue weighted by Crippen LogP contribution is 2.34. The van der Waals surface area contributed by atoms with E-state index in [1.807, 2.05) is 0 Å². The van der Waals surface area contributed by atoms with Crippen LogP contribution in [0.4, 0.5) is 0 Å². The lowest BCUT2D eigenvalue weighted by molar-refractivity contribution is -0.106. The van der Waals surface area contributed by atoms with E-state index in [2.05, 4.69) is 27.7 Å². The van der Waals surface area contributed by atoms with Gasteiger partial charge in [0, 0.05) is 31.3 Å². The van der Waals surface area contributed by atoms with Gasteiger partial charge in [0.25, 0.3) is 0 Å². The fraction of sp³-hybridized carbons (Fsp3) is 1.00. The van der Waals surface area contributed by atoms with Gasteiger partial charge in [0.1, 0.15) is 0 Å². The first-order valence-electron chi connectivity index (χ1n) is 8.59. The van der Waals surface area contributed by atoms with E-state index in [1.54, 1.807) is 0 Å². The van der Waals surface area contributed by atoms with Crippen LogP contribution in [0.1, 0.15) is 59.8 Å². The molecule has 1 aliphatic rings. The molecule has 0 aromatic heterocycles. The van der Waals surface area contributed by atoms with Crippen molar-refractivity contribution in [2.24, 2.45) is 5.41 Å². The van der Waals surface area contributed by atoms with E-state index < -0.39 is 8.80 Å². The summed E-state index contributed by atoms with van der Waals surface area (Å²) < 4.78 is 23.7. The van der Waals surface area contributed by atoms with Crippen LogP contribution < -0.4 is 0 Å². The third-order valence-corrected chi connectivity index (χ3v) is 6.64. The Hall–Kier alpha value is 0.0569. The molecule has 0 bridgehead atoms. The van der Waals surface area contributed by atoms with Crippen LogP contribution in [0, 0.1) is 5.41 Å². The van der Waals surface area contributed by atoms with E-state index in [-0.39, 0.29) is 0 Å². The molecule has 1 rings (SSSR count). The summed E-state index contributed by atoms with van der Waals surface area (Å²) in [6, 6.07) is 0.933. The van der Waals surface area contributed by atoms with Crippen molar-refractivity contribution in [2.75, 3.05) is 33.0 Å². The van der Waals surface area contributed by atoms with Crippen LogP contribution in [-0.4, -0.2) is 41.8 Å². The molecule has 1 heterocycles. The number of hydrogen-bond acceptors (Lipinski definition) is 4. The summed E-state index contributed by atoms with van der Waals surface area (Å²) in [6.07, 6.45) is 5.28. The lowest BCUT2D eigenvalue weighted by atomic mass is 9.84. The van der Waals surface area contributed by atoms with Gasteiger partial charge >= 0.3 is 8.80 Å². The molecule has 0 spiro atoms. The van der Waals surface area contributed by atoms with Crippen molar-refractivity contribution in [1.82, 2.24) is 0 Å². The maximum absolute atomic E-state index is 6.11. The SMILES string of the molecule is CCCO[Si](CCCC1(C)COC1)(OCCC)OCCC. The van der Waals surface area contributed by atoms with Gasteiger partial charge in [-0.1, -0.05) is 27.7 Å². The van der Waals surface area contributed by atoms with Crippen LogP contribution >= 0.6 is 0 Å². The van der Waals surface area contributed by atoms with E-state index in [9.17, 15) is 0 Å². The third-order valence-electron chi connectivity index (χ3n) is 3.74. The van der Waals surface area contributed by atoms with Crippen LogP contribution in [-0.2, 0) is 18.0 Å². The summed E-state index contributed by atoms with van der Waals surface area (Å²) in [5.41, 5.74) is 0.362. The number of hydrogen-bond donors (Lipinski definition) is 0. The van der Waals surface area contributed by atoms with E-state index in [0.29, 0.717) is 5.41 Å². The van der Waals surface area contributed by atoms with Gasteiger partial charge in [-0.2, -0.15) is 0 Å². The van der Waals surface area contributed by atoms with Crippen LogP contribution in [0.5, 0.6) is 0 Å². The Morgan fingerprint density at radius 3 is 1.71 bits per heavy atom. The molecule has 0 aromatic carbocycles. The lowest BCUT2D eigenvalue weighted by Gasteiger charge is -2.39. The monoisotopic (exact) mass is 318 g/mol. The van der Waals surface area contributed by atoms with Crippen molar-refractivity contribution in [3.8, 4) is 0 Å². The Morgan fingerprint density at radius 1 is 0.905 bits per heavy atom. The van der Waals surface area contributed by atoms with Gasteiger partial charge in [0.05, 0.1) is 13.2 Å². The predicted octanol–water partition coefficient (Wildman–Crippen LogP) is 4.02. The first kappa shape index (κ1) is 19.1. The average Bonchev–Trinajstić information content (AvgIpc) is 2.46. The molecule has 0 aromatic rings. The average molecular weight is 319 g/mol. The summed E-state index contributed by atoms with van der Waals surface area (Å²) in [7, 11) is -2.49. The molecule has 126 valence electrons. The zero-order valence-electron chi connectivity index (χ0n) is 14.4. The Bertz CT molecular complexity index is 247. The Morgan fingerprint density at radius 2 is 1.38 bits per heavy atom. The number of ether oxygens (including phenoxy) is 1. The van der Waals surface area contributed by atoms with Gasteiger partial charge in [-0.05, 0) is 32.1 Å². The highest BCUT2D eigenvalue weighted by Gasteiger charge is 2.42. The van der Waals surface area contributed by atoms with Gasteiger partial charge in [0.15, 0.2) is 0 Å². The molecular formula is C16H34O4Si. The quantitative estimate of drug-likeness (QED) is 0.481. The molecule has 1 fully saturated rings. The summed E-state index contributed by atoms with van der Waals surface area (Å²) in [4.78, 5) is 0. The van der Waals surface area contributed by atoms with Crippen molar-refractivity contribution >= 4 is 8.80 Å². The molecule has 5 heteroatoms. The summed E-state index contributed by atoms with van der Waals surface area (Å²) in [5, 5.41) is 0. The molecule has 0 N–H and O–H groups in total. The Labute approximate surface area is 131 Å². The normalized spacial score (nSPS) is 17.7. The molecule has 0 aliphatic carbocycles. The zero-order valence-corrected chi connectivity index (χ0v) is 15.4. The first-order chi connectivity index (χ1) is 10.1. The van der Waals surface area contributed by atoms with Crippen LogP contribution in [0.2, 0.25) is 6.04 Å². The van der Waals surface area contributed by atoms with Gasteiger partial charge < -0.3 is 18.0 Å². The van der Waals surface area contributed by atoms with Crippen molar-refractivity contribution in [3.05, 3.63) is 0 Å². The van der Waals surface area contributed by atoms with E-state index in [0.717, 1.165) is 64.8 Å². The largest absolute Gasteiger partial charge is 0.500 e. The standard InChI is InChI=1S/C16H34O4Si/c1-5-10-18-21(19-11-6-2,20-12-7-3)13-8-9-16(4)14-17-15-16/h5-15H2,1-4H3. The van der Waals surface area contributed by atoms with Gasteiger partial charge in [-0.15, -0.1) is 0 Å². The van der Waals surface area contributed by atoms with Gasteiger partial charge in [-0.3, -0.25) is 0 Å². The second-order valence-corrected chi connectivity index (χ2v) is 9.12. The molecule has 0 radical (unpaired) electrons. The second-order valence-electron chi connectivity index (χ2n) is 6.39. The van der Waals surface area contributed by atoms with Crippen LogP contribution in [0.15, 0.2) is 0 Å². The second kappa shape index (κ2) is 9.95. The molecule has 0 unspecified atom stereocenters. The van der Waals surface area contributed by atoms with Crippen molar-refractivity contribution in [2.45, 2.75) is 65.8 Å². The molecule has 1 aliphatic heterocycles. The topological polar surface area (TPSA) is 36.9 Å². The smallest absolute Gasteiger partial charge is 0.380 e. The van der Waals surface area contributed by atoms with Crippen molar-refractivity contribution in [1.29, 1.82) is 0 Å². The summed E-state index contributed by atoms with van der Waals surface area (Å²) in [5.74, 6) is 0. The van der Waals surface area contributed by atoms with Crippen molar-refractivity contribution in [3.63, 3.8) is 0 Å². The molecule has 0 atom stereocenters. The highest BCUT2D eigenvalue weighted by atomic mass is 28.4. The van der Waals surface area contributed by atoms with E-state index in [4.69, 9.17) is 18.0 Å². The van der Waals surface area contributed by atoms with Crippen molar-refractivity contribution < 1.29 is 18.0 Å². The van der Waals surface area contributed by atoms with Gasteiger partial charge in [0.2, 0.25) is 0 Å². The minimum Gasteiger partial charge on any atom is -0.380 e. The third kappa shape index (κ3) is 6.78. The molecule has 21 heavy (non-hydrogen) atoms. The minimum atomic E-state index is -2.49. The zero-order chi connectivity index (χ0) is 15.6. The predicted molar refractivity (Wildman–Crippen MR) is 87.5 cm³/mol. The molecule has 1 saturated heterocycles. The van der Waals surface area contributed by atoms with E-state index in [1.165, 1.54) is 6.42 Å². The van der Waals surface area contributed by atoms with Crippen LogP contribution in [0.3, 0.4) is 0 Å². The Kier molecular flexibility index (Phi) is 9.05. The molecular weight excluding hydrogens is 284 g/mol. The van der Waals surface area contributed by atoms with E-state index >= 15 is 0 Å². The fourth-order valence-electron chi connectivity index (χ4n) is 2.44. The number of rotatable bonds is 13. The maximum Gasteiger partial charge on any atom is 0.500 e. The van der Waals surface area contributed by atoms with Gasteiger partial charge in [-0.25, -0.2) is 0 Å². The summed E-state index contributed by atoms with van der Waals surface area (Å²) in [6.45, 7) is 12.7. The maximum atomic E-state index is 6.11. The fourth-order valence-corrected chi connectivity index (χ4v) is 5.28. The summed E-state index contributed by atoms with van der Waals surface area (Å²) >= 11 is 0. The highest BCUT2D eigenvalue weighted by molar-refractivity contribution is 6.60. The Balaban J connectivity index is 2.52. The minimum absolute atomic E-state index is 0.362. The molecule has 4 nitrogen and oxygen atoms in total. The van der Waals surface area contributed by atoms with Crippen LogP contribution in [0.25, 0.3) is 0 Å². The first-order valence-corrected chi connectivity index (χ1v) is 10.5.